The van der Waals surface area contributed by atoms with Gasteiger partial charge in [-0.25, -0.2) is 9.67 Å². The Balaban J connectivity index is 1.49. The van der Waals surface area contributed by atoms with Crippen LogP contribution in [0.2, 0.25) is 0 Å². The highest BCUT2D eigenvalue weighted by Crippen LogP contribution is 2.27. The van der Waals surface area contributed by atoms with Gasteiger partial charge in [0.05, 0.1) is 13.2 Å². The minimum atomic E-state index is 0.163. The molecule has 2 aromatic rings. The van der Waals surface area contributed by atoms with Gasteiger partial charge in [-0.15, -0.1) is 5.10 Å². The standard InChI is InChI=1S/C16H25N7O2/c1-13-18-19-20-23(13)9-5-15(24)21-7-3-14(4-8-21)16-17-6-10-22(16)11-12-25-2/h6,10,14H,3-5,7-9,11-12H2,1-2H3. The van der Waals surface area contributed by atoms with Gasteiger partial charge in [0.25, 0.3) is 0 Å². The second-order valence-electron chi connectivity index (χ2n) is 6.33. The zero-order valence-corrected chi connectivity index (χ0v) is 14.8. The molecular formula is C16H25N7O2. The lowest BCUT2D eigenvalue weighted by molar-refractivity contribution is -0.132. The van der Waals surface area contributed by atoms with Gasteiger partial charge in [0.1, 0.15) is 11.6 Å². The Morgan fingerprint density at radius 3 is 2.80 bits per heavy atom. The summed E-state index contributed by atoms with van der Waals surface area (Å²) >= 11 is 0. The quantitative estimate of drug-likeness (QED) is 0.729. The number of carbonyl (C=O) groups excluding carboxylic acids is 1. The number of amides is 1. The third-order valence-corrected chi connectivity index (χ3v) is 4.75. The molecule has 1 saturated heterocycles. The number of aryl methyl sites for hydroxylation is 2. The van der Waals surface area contributed by atoms with E-state index in [1.807, 2.05) is 24.2 Å². The van der Waals surface area contributed by atoms with Gasteiger partial charge in [0, 0.05) is 51.5 Å². The van der Waals surface area contributed by atoms with E-state index in [2.05, 4.69) is 25.1 Å². The van der Waals surface area contributed by atoms with Gasteiger partial charge in [-0.05, 0) is 30.2 Å². The van der Waals surface area contributed by atoms with Crippen molar-refractivity contribution in [1.29, 1.82) is 0 Å². The number of hydrogen-bond donors (Lipinski definition) is 0. The SMILES string of the molecule is COCCn1ccnc1C1CCN(C(=O)CCn2nnnc2C)CC1. The molecule has 136 valence electrons. The normalized spacial score (nSPS) is 15.7. The first-order valence-electron chi connectivity index (χ1n) is 8.69. The summed E-state index contributed by atoms with van der Waals surface area (Å²) < 4.78 is 8.98. The summed E-state index contributed by atoms with van der Waals surface area (Å²) in [5.74, 6) is 2.40. The summed E-state index contributed by atoms with van der Waals surface area (Å²) in [5.41, 5.74) is 0. The van der Waals surface area contributed by atoms with E-state index in [0.717, 1.165) is 44.1 Å². The Hall–Kier alpha value is -2.29. The van der Waals surface area contributed by atoms with E-state index < -0.39 is 0 Å². The minimum absolute atomic E-state index is 0.163. The van der Waals surface area contributed by atoms with Crippen molar-refractivity contribution in [1.82, 2.24) is 34.7 Å². The van der Waals surface area contributed by atoms with E-state index in [0.29, 0.717) is 25.5 Å². The van der Waals surface area contributed by atoms with E-state index in [-0.39, 0.29) is 5.91 Å². The fraction of sp³-hybridized carbons (Fsp3) is 0.688. The fourth-order valence-electron chi connectivity index (χ4n) is 3.26. The molecule has 1 aliphatic heterocycles. The zero-order chi connectivity index (χ0) is 17.6. The van der Waals surface area contributed by atoms with Gasteiger partial charge in [-0.3, -0.25) is 4.79 Å². The summed E-state index contributed by atoms with van der Waals surface area (Å²) in [6.07, 6.45) is 6.16. The van der Waals surface area contributed by atoms with Gasteiger partial charge >= 0.3 is 0 Å². The molecular weight excluding hydrogens is 322 g/mol. The highest BCUT2D eigenvalue weighted by atomic mass is 16.5. The first kappa shape index (κ1) is 17.5. The Morgan fingerprint density at radius 1 is 1.32 bits per heavy atom. The third-order valence-electron chi connectivity index (χ3n) is 4.75. The van der Waals surface area contributed by atoms with Crippen LogP contribution in [0.1, 0.15) is 36.8 Å². The molecule has 0 unspecified atom stereocenters. The molecule has 1 aliphatic rings. The first-order chi connectivity index (χ1) is 12.2. The molecule has 3 heterocycles. The fourth-order valence-corrected chi connectivity index (χ4v) is 3.26. The molecule has 9 heteroatoms. The van der Waals surface area contributed by atoms with Crippen LogP contribution in [-0.4, -0.2) is 67.4 Å². The van der Waals surface area contributed by atoms with E-state index in [1.54, 1.807) is 11.8 Å². The molecule has 0 saturated carbocycles. The number of rotatable bonds is 7. The number of aromatic nitrogens is 6. The molecule has 0 N–H and O–H groups in total. The molecule has 1 amide bonds. The number of likely N-dealkylation sites (tertiary alicyclic amines) is 1. The highest BCUT2D eigenvalue weighted by Gasteiger charge is 2.26. The molecule has 0 bridgehead atoms. The number of nitrogens with zero attached hydrogens (tertiary/aromatic N) is 7. The molecule has 0 atom stereocenters. The van der Waals surface area contributed by atoms with Crippen LogP contribution in [0, 0.1) is 6.92 Å². The Bertz CT molecular complexity index is 688. The predicted molar refractivity (Wildman–Crippen MR) is 89.8 cm³/mol. The van der Waals surface area contributed by atoms with E-state index in [4.69, 9.17) is 4.74 Å². The summed E-state index contributed by atoms with van der Waals surface area (Å²) in [6.45, 7) is 5.40. The van der Waals surface area contributed by atoms with E-state index in [9.17, 15) is 4.79 Å². The van der Waals surface area contributed by atoms with E-state index in [1.165, 1.54) is 0 Å². The third kappa shape index (κ3) is 4.22. The van der Waals surface area contributed by atoms with Crippen molar-refractivity contribution in [3.05, 3.63) is 24.0 Å². The van der Waals surface area contributed by atoms with Crippen LogP contribution < -0.4 is 0 Å². The largest absolute Gasteiger partial charge is 0.383 e. The predicted octanol–water partition coefficient (Wildman–Crippen LogP) is 0.621. The lowest BCUT2D eigenvalue weighted by Gasteiger charge is -2.32. The first-order valence-corrected chi connectivity index (χ1v) is 8.69. The van der Waals surface area contributed by atoms with Crippen LogP contribution in [0.15, 0.2) is 12.4 Å². The molecule has 1 fully saturated rings. The minimum Gasteiger partial charge on any atom is -0.383 e. The maximum absolute atomic E-state index is 12.4. The summed E-state index contributed by atoms with van der Waals surface area (Å²) in [7, 11) is 1.71. The van der Waals surface area contributed by atoms with Crippen molar-refractivity contribution in [2.24, 2.45) is 0 Å². The van der Waals surface area contributed by atoms with Crippen molar-refractivity contribution in [3.63, 3.8) is 0 Å². The van der Waals surface area contributed by atoms with E-state index >= 15 is 0 Å². The second-order valence-corrected chi connectivity index (χ2v) is 6.33. The lowest BCUT2D eigenvalue weighted by Crippen LogP contribution is -2.38. The Morgan fingerprint density at radius 2 is 2.12 bits per heavy atom. The molecule has 0 spiro atoms. The Kier molecular flexibility index (Phi) is 5.75. The van der Waals surface area contributed by atoms with Crippen molar-refractivity contribution < 1.29 is 9.53 Å². The average molecular weight is 347 g/mol. The number of tetrazole rings is 1. The lowest BCUT2D eigenvalue weighted by atomic mass is 9.95. The van der Waals surface area contributed by atoms with Crippen molar-refractivity contribution in [2.75, 3.05) is 26.8 Å². The van der Waals surface area contributed by atoms with Gasteiger partial charge in [-0.2, -0.15) is 0 Å². The van der Waals surface area contributed by atoms with Gasteiger partial charge in [0.15, 0.2) is 0 Å². The van der Waals surface area contributed by atoms with Gasteiger partial charge in [0.2, 0.25) is 5.91 Å². The number of imidazole rings is 1. The topological polar surface area (TPSA) is 91.0 Å². The van der Waals surface area contributed by atoms with Crippen molar-refractivity contribution >= 4 is 5.91 Å². The molecule has 9 nitrogen and oxygen atoms in total. The number of methoxy groups -OCH3 is 1. The van der Waals surface area contributed by atoms with Crippen LogP contribution in [0.25, 0.3) is 0 Å². The number of hydrogen-bond acceptors (Lipinski definition) is 6. The van der Waals surface area contributed by atoms with Crippen LogP contribution in [0.4, 0.5) is 0 Å². The molecule has 25 heavy (non-hydrogen) atoms. The average Bonchev–Trinajstić information content (AvgIpc) is 3.26. The number of carbonyl (C=O) groups is 1. The smallest absolute Gasteiger partial charge is 0.224 e. The monoisotopic (exact) mass is 347 g/mol. The molecule has 3 rings (SSSR count). The molecule has 0 aliphatic carbocycles. The number of piperidine rings is 1. The van der Waals surface area contributed by atoms with Crippen LogP contribution in [-0.2, 0) is 22.6 Å². The van der Waals surface area contributed by atoms with Crippen LogP contribution in [0.5, 0.6) is 0 Å². The number of ether oxygens (including phenoxy) is 1. The zero-order valence-electron chi connectivity index (χ0n) is 14.8. The second kappa shape index (κ2) is 8.19. The summed E-state index contributed by atoms with van der Waals surface area (Å²) in [5, 5.41) is 11.3. The maximum atomic E-state index is 12.4. The van der Waals surface area contributed by atoms with Gasteiger partial charge < -0.3 is 14.2 Å². The maximum Gasteiger partial charge on any atom is 0.224 e. The Labute approximate surface area is 147 Å². The van der Waals surface area contributed by atoms with Gasteiger partial charge in [-0.1, -0.05) is 0 Å². The van der Waals surface area contributed by atoms with Crippen molar-refractivity contribution in [3.8, 4) is 0 Å². The molecule has 0 radical (unpaired) electrons. The summed E-state index contributed by atoms with van der Waals surface area (Å²) in [4.78, 5) is 18.9. The molecule has 0 aromatic carbocycles. The van der Waals surface area contributed by atoms with Crippen molar-refractivity contribution in [2.45, 2.75) is 45.2 Å². The van der Waals surface area contributed by atoms with Crippen LogP contribution in [0.3, 0.4) is 0 Å². The van der Waals surface area contributed by atoms with Crippen LogP contribution >= 0.6 is 0 Å². The summed E-state index contributed by atoms with van der Waals surface area (Å²) in [6, 6.07) is 0. The highest BCUT2D eigenvalue weighted by molar-refractivity contribution is 5.76. The molecule has 2 aromatic heterocycles.